The van der Waals surface area contributed by atoms with Crippen LogP contribution in [0, 0.1) is 13.8 Å². The Labute approximate surface area is 139 Å². The minimum atomic E-state index is -0.0920. The highest BCUT2D eigenvalue weighted by atomic mass is 32.1. The average Bonchev–Trinajstić information content (AvgIpc) is 3.13. The van der Waals surface area contributed by atoms with Gasteiger partial charge in [0.25, 0.3) is 0 Å². The molecule has 3 aromatic rings. The second-order valence-electron chi connectivity index (χ2n) is 5.82. The number of aromatic nitrogens is 4. The number of hydrogen-bond acceptors (Lipinski definition) is 4. The molecule has 0 bridgehead atoms. The number of imidazole rings is 1. The molecule has 0 fully saturated rings. The number of aryl methyl sites for hydroxylation is 2. The molecule has 23 heavy (non-hydrogen) atoms. The van der Waals surface area contributed by atoms with E-state index in [9.17, 15) is 4.79 Å². The molecule has 122 valence electrons. The molecule has 1 atom stereocenters. The number of hydrogen-bond donors (Lipinski definition) is 1. The van der Waals surface area contributed by atoms with Gasteiger partial charge in [0, 0.05) is 36.9 Å². The zero-order chi connectivity index (χ0) is 16.6. The number of rotatable bonds is 5. The number of carbonyl (C=O) groups excluding carboxylic acids is 1. The lowest BCUT2D eigenvalue weighted by Gasteiger charge is -2.11. The number of nitrogens with one attached hydrogen (secondary N) is 1. The highest BCUT2D eigenvalue weighted by Crippen LogP contribution is 2.17. The lowest BCUT2D eigenvalue weighted by Crippen LogP contribution is -2.27. The largest absolute Gasteiger partial charge is 0.348 e. The Kier molecular flexibility index (Phi) is 4.21. The maximum absolute atomic E-state index is 12.2. The van der Waals surface area contributed by atoms with E-state index in [1.807, 2.05) is 54.7 Å². The first-order chi connectivity index (χ1) is 11.0. The summed E-state index contributed by atoms with van der Waals surface area (Å²) in [6.07, 6.45) is 5.10. The van der Waals surface area contributed by atoms with Crippen LogP contribution in [0.3, 0.4) is 0 Å². The molecule has 1 N–H and O–H groups in total. The molecule has 0 aromatic carbocycles. The predicted octanol–water partition coefficient (Wildman–Crippen LogP) is 2.56. The Morgan fingerprint density at radius 2 is 2.22 bits per heavy atom. The third-order valence-electron chi connectivity index (χ3n) is 4.19. The minimum Gasteiger partial charge on any atom is -0.348 e. The van der Waals surface area contributed by atoms with Gasteiger partial charge in [0.2, 0.25) is 5.91 Å². The van der Waals surface area contributed by atoms with Crippen LogP contribution in [0.2, 0.25) is 0 Å². The van der Waals surface area contributed by atoms with Crippen LogP contribution in [0.4, 0.5) is 0 Å². The van der Waals surface area contributed by atoms with Crippen LogP contribution < -0.4 is 5.32 Å². The molecular weight excluding hydrogens is 310 g/mol. The first kappa shape index (κ1) is 15.7. The topological polar surface area (TPSA) is 64.2 Å². The van der Waals surface area contributed by atoms with E-state index in [1.54, 1.807) is 11.3 Å². The van der Waals surface area contributed by atoms with Crippen molar-refractivity contribution in [2.24, 2.45) is 7.05 Å². The van der Waals surface area contributed by atoms with Crippen LogP contribution in [0.25, 0.3) is 4.96 Å². The third-order valence-corrected chi connectivity index (χ3v) is 4.96. The van der Waals surface area contributed by atoms with Gasteiger partial charge in [0.05, 0.1) is 17.4 Å². The predicted molar refractivity (Wildman–Crippen MR) is 90.6 cm³/mol. The molecule has 1 amide bonds. The van der Waals surface area contributed by atoms with Gasteiger partial charge < -0.3 is 5.32 Å². The fourth-order valence-corrected chi connectivity index (χ4v) is 3.47. The Balaban J connectivity index is 1.59. The highest BCUT2D eigenvalue weighted by molar-refractivity contribution is 7.15. The summed E-state index contributed by atoms with van der Waals surface area (Å²) in [7, 11) is 1.93. The van der Waals surface area contributed by atoms with Gasteiger partial charge in [0.1, 0.15) is 0 Å². The van der Waals surface area contributed by atoms with Gasteiger partial charge in [-0.05, 0) is 32.8 Å². The van der Waals surface area contributed by atoms with Crippen molar-refractivity contribution in [3.05, 3.63) is 40.4 Å². The molecule has 6 nitrogen and oxygen atoms in total. The van der Waals surface area contributed by atoms with Crippen molar-refractivity contribution in [1.29, 1.82) is 0 Å². The fourth-order valence-electron chi connectivity index (χ4n) is 2.76. The summed E-state index contributed by atoms with van der Waals surface area (Å²) in [4.78, 5) is 17.7. The lowest BCUT2D eigenvalue weighted by molar-refractivity contribution is -0.121. The number of amides is 1. The van der Waals surface area contributed by atoms with Gasteiger partial charge in [-0.1, -0.05) is 0 Å². The van der Waals surface area contributed by atoms with E-state index in [1.165, 1.54) is 0 Å². The van der Waals surface area contributed by atoms with Gasteiger partial charge in [-0.3, -0.25) is 13.9 Å². The van der Waals surface area contributed by atoms with Crippen molar-refractivity contribution in [3.63, 3.8) is 0 Å². The molecule has 0 saturated heterocycles. The van der Waals surface area contributed by atoms with E-state index in [-0.39, 0.29) is 11.9 Å². The summed E-state index contributed by atoms with van der Waals surface area (Å²) in [5.41, 5.74) is 4.18. The molecule has 3 heterocycles. The van der Waals surface area contributed by atoms with Gasteiger partial charge in [0.15, 0.2) is 4.96 Å². The van der Waals surface area contributed by atoms with Gasteiger partial charge in [-0.2, -0.15) is 5.10 Å². The molecule has 3 aromatic heterocycles. The Hall–Kier alpha value is -2.15. The third kappa shape index (κ3) is 3.14. The Morgan fingerprint density at radius 3 is 2.87 bits per heavy atom. The summed E-state index contributed by atoms with van der Waals surface area (Å²) in [6, 6.07) is -0.0920. The van der Waals surface area contributed by atoms with E-state index >= 15 is 0 Å². The van der Waals surface area contributed by atoms with Crippen molar-refractivity contribution in [3.8, 4) is 0 Å². The first-order valence-electron chi connectivity index (χ1n) is 7.66. The van der Waals surface area contributed by atoms with Gasteiger partial charge >= 0.3 is 0 Å². The smallest absolute Gasteiger partial charge is 0.220 e. The standard InChI is InChI=1S/C16H21N5OS/c1-10-13(12(3)20(4)19-10)5-6-15(22)17-11(2)14-9-21-7-8-23-16(21)18-14/h7-9,11H,5-6H2,1-4H3,(H,17,22)/t11-/m1/s1. The number of thiazole rings is 1. The summed E-state index contributed by atoms with van der Waals surface area (Å²) in [5.74, 6) is 0.0384. The summed E-state index contributed by atoms with van der Waals surface area (Å²) < 4.78 is 3.84. The minimum absolute atomic E-state index is 0.0384. The molecule has 0 aliphatic carbocycles. The zero-order valence-corrected chi connectivity index (χ0v) is 14.6. The van der Waals surface area contributed by atoms with E-state index in [2.05, 4.69) is 15.4 Å². The zero-order valence-electron chi connectivity index (χ0n) is 13.8. The summed E-state index contributed by atoms with van der Waals surface area (Å²) in [5, 5.41) is 9.41. The van der Waals surface area contributed by atoms with Crippen molar-refractivity contribution >= 4 is 22.2 Å². The number of carbonyl (C=O) groups is 1. The van der Waals surface area contributed by atoms with E-state index in [0.717, 1.165) is 27.6 Å². The molecule has 0 unspecified atom stereocenters. The molecular formula is C16H21N5OS. The molecule has 0 radical (unpaired) electrons. The van der Waals surface area contributed by atoms with Crippen molar-refractivity contribution < 1.29 is 4.79 Å². The fraction of sp³-hybridized carbons (Fsp3) is 0.438. The van der Waals surface area contributed by atoms with Crippen LogP contribution in [-0.4, -0.2) is 25.1 Å². The van der Waals surface area contributed by atoms with Gasteiger partial charge in [-0.15, -0.1) is 11.3 Å². The second kappa shape index (κ2) is 6.16. The summed E-state index contributed by atoms with van der Waals surface area (Å²) >= 11 is 1.59. The van der Waals surface area contributed by atoms with Crippen LogP contribution >= 0.6 is 11.3 Å². The van der Waals surface area contributed by atoms with Crippen molar-refractivity contribution in [2.45, 2.75) is 39.7 Å². The quantitative estimate of drug-likeness (QED) is 0.781. The second-order valence-corrected chi connectivity index (χ2v) is 6.69. The lowest BCUT2D eigenvalue weighted by atomic mass is 10.1. The number of fused-ring (bicyclic) bond motifs is 1. The van der Waals surface area contributed by atoms with E-state index in [4.69, 9.17) is 0 Å². The van der Waals surface area contributed by atoms with E-state index in [0.29, 0.717) is 12.8 Å². The normalized spacial score (nSPS) is 12.7. The SMILES string of the molecule is Cc1nn(C)c(C)c1CCC(=O)N[C@H](C)c1cn2ccsc2n1. The molecule has 7 heteroatoms. The Bertz CT molecular complexity index is 816. The maximum Gasteiger partial charge on any atom is 0.220 e. The molecule has 0 spiro atoms. The van der Waals surface area contributed by atoms with Crippen LogP contribution in [-0.2, 0) is 18.3 Å². The Morgan fingerprint density at radius 1 is 1.43 bits per heavy atom. The van der Waals surface area contributed by atoms with Crippen LogP contribution in [0.1, 0.15) is 42.0 Å². The van der Waals surface area contributed by atoms with Crippen molar-refractivity contribution in [2.75, 3.05) is 0 Å². The molecule has 0 aliphatic rings. The van der Waals surface area contributed by atoms with Gasteiger partial charge in [-0.25, -0.2) is 4.98 Å². The van der Waals surface area contributed by atoms with Crippen LogP contribution in [0.5, 0.6) is 0 Å². The highest BCUT2D eigenvalue weighted by Gasteiger charge is 2.15. The number of nitrogens with zero attached hydrogens (tertiary/aromatic N) is 4. The molecule has 3 rings (SSSR count). The molecule has 0 aliphatic heterocycles. The summed E-state index contributed by atoms with van der Waals surface area (Å²) in [6.45, 7) is 5.99. The van der Waals surface area contributed by atoms with Crippen LogP contribution in [0.15, 0.2) is 17.8 Å². The monoisotopic (exact) mass is 331 g/mol. The first-order valence-corrected chi connectivity index (χ1v) is 8.54. The molecule has 0 saturated carbocycles. The maximum atomic E-state index is 12.2. The van der Waals surface area contributed by atoms with E-state index < -0.39 is 0 Å². The van der Waals surface area contributed by atoms with Crippen molar-refractivity contribution in [1.82, 2.24) is 24.5 Å². The average molecular weight is 331 g/mol.